The van der Waals surface area contributed by atoms with E-state index in [0.29, 0.717) is 0 Å². The van der Waals surface area contributed by atoms with E-state index in [1.54, 1.807) is 0 Å². The van der Waals surface area contributed by atoms with E-state index in [9.17, 15) is 0 Å². The lowest BCUT2D eigenvalue weighted by Gasteiger charge is -2.21. The number of aromatic amines is 1. The lowest BCUT2D eigenvalue weighted by atomic mass is 9.85. The molecule has 0 aliphatic carbocycles. The number of hydrogen-bond acceptors (Lipinski definition) is 1. The van der Waals surface area contributed by atoms with Crippen molar-refractivity contribution in [1.82, 2.24) is 4.98 Å². The molecular weight excluding hydrogens is 172 g/mol. The lowest BCUT2D eigenvalue weighted by molar-refractivity contribution is 0.593. The molecule has 0 atom stereocenters. The maximum absolute atomic E-state index is 6.12. The van der Waals surface area contributed by atoms with Crippen molar-refractivity contribution >= 4 is 16.6 Å². The zero-order chi connectivity index (χ0) is 10.3. The predicted molar refractivity (Wildman–Crippen MR) is 61.4 cm³/mol. The fraction of sp³-hybridized carbons (Fsp3) is 0.333. The van der Waals surface area contributed by atoms with Gasteiger partial charge in [0, 0.05) is 11.6 Å². The zero-order valence-electron chi connectivity index (χ0n) is 8.89. The number of benzene rings is 1. The number of nitrogens with two attached hydrogens (primary N) is 1. The predicted octanol–water partition coefficient (Wildman–Crippen LogP) is 3.05. The van der Waals surface area contributed by atoms with Gasteiger partial charge in [-0.05, 0) is 17.0 Å². The van der Waals surface area contributed by atoms with Gasteiger partial charge in [-0.3, -0.25) is 0 Å². The highest BCUT2D eigenvalue weighted by Gasteiger charge is 2.18. The van der Waals surface area contributed by atoms with Crippen LogP contribution in [0.1, 0.15) is 26.3 Å². The maximum Gasteiger partial charge on any atom is 0.0690 e. The molecule has 2 rings (SSSR count). The van der Waals surface area contributed by atoms with E-state index in [1.165, 1.54) is 10.9 Å². The number of rotatable bonds is 0. The molecule has 0 spiro atoms. The Morgan fingerprint density at radius 2 is 1.86 bits per heavy atom. The van der Waals surface area contributed by atoms with Gasteiger partial charge in [-0.1, -0.05) is 32.9 Å². The summed E-state index contributed by atoms with van der Waals surface area (Å²) in [6.45, 7) is 6.52. The molecule has 14 heavy (non-hydrogen) atoms. The molecule has 1 aromatic heterocycles. The number of hydrogen-bond donors (Lipinski definition) is 2. The Kier molecular flexibility index (Phi) is 1.81. The standard InChI is InChI=1S/C12H16N2/c1-12(2,3)9-5-4-8-6-7-14-11(8)10(9)13/h4-7,14H,13H2,1-3H3. The summed E-state index contributed by atoms with van der Waals surface area (Å²) in [7, 11) is 0. The van der Waals surface area contributed by atoms with Crippen LogP contribution in [0.5, 0.6) is 0 Å². The van der Waals surface area contributed by atoms with Crippen molar-refractivity contribution in [3.05, 3.63) is 30.0 Å². The number of fused-ring (bicyclic) bond motifs is 1. The first-order chi connectivity index (χ1) is 6.50. The number of anilines is 1. The zero-order valence-corrected chi connectivity index (χ0v) is 8.89. The molecule has 2 aromatic rings. The summed E-state index contributed by atoms with van der Waals surface area (Å²) in [5, 5.41) is 1.18. The summed E-state index contributed by atoms with van der Waals surface area (Å²) in [4.78, 5) is 3.18. The van der Waals surface area contributed by atoms with Crippen molar-refractivity contribution in [2.75, 3.05) is 5.73 Å². The van der Waals surface area contributed by atoms with E-state index in [-0.39, 0.29) is 5.41 Å². The Labute approximate surface area is 84.1 Å². The summed E-state index contributed by atoms with van der Waals surface area (Å²) in [6.07, 6.45) is 1.92. The minimum absolute atomic E-state index is 0.101. The van der Waals surface area contributed by atoms with Crippen LogP contribution in [0, 0.1) is 0 Å². The molecule has 1 aromatic carbocycles. The molecule has 0 unspecified atom stereocenters. The molecule has 0 saturated carbocycles. The van der Waals surface area contributed by atoms with Gasteiger partial charge in [0.25, 0.3) is 0 Å². The Morgan fingerprint density at radius 1 is 1.14 bits per heavy atom. The van der Waals surface area contributed by atoms with Gasteiger partial charge in [-0.15, -0.1) is 0 Å². The van der Waals surface area contributed by atoms with Crippen molar-refractivity contribution in [2.24, 2.45) is 0 Å². The average Bonchev–Trinajstić information content (AvgIpc) is 2.50. The summed E-state index contributed by atoms with van der Waals surface area (Å²) in [6, 6.07) is 6.27. The van der Waals surface area contributed by atoms with Gasteiger partial charge < -0.3 is 10.7 Å². The first kappa shape index (κ1) is 9.13. The highest BCUT2D eigenvalue weighted by atomic mass is 14.7. The molecule has 0 aliphatic heterocycles. The van der Waals surface area contributed by atoms with Gasteiger partial charge >= 0.3 is 0 Å². The topological polar surface area (TPSA) is 41.8 Å². The van der Waals surface area contributed by atoms with E-state index in [1.807, 2.05) is 12.3 Å². The molecule has 0 fully saturated rings. The first-order valence-electron chi connectivity index (χ1n) is 4.86. The third-order valence-electron chi connectivity index (χ3n) is 2.58. The Balaban J connectivity index is 2.74. The SMILES string of the molecule is CC(C)(C)c1ccc2cc[nH]c2c1N. The van der Waals surface area contributed by atoms with Gasteiger partial charge in [0.2, 0.25) is 0 Å². The van der Waals surface area contributed by atoms with E-state index in [2.05, 4.69) is 37.9 Å². The third kappa shape index (κ3) is 1.27. The summed E-state index contributed by atoms with van der Waals surface area (Å²) < 4.78 is 0. The summed E-state index contributed by atoms with van der Waals surface area (Å²) in [5.74, 6) is 0. The van der Waals surface area contributed by atoms with E-state index in [0.717, 1.165) is 11.2 Å². The molecule has 0 radical (unpaired) electrons. The normalized spacial score (nSPS) is 12.2. The lowest BCUT2D eigenvalue weighted by Crippen LogP contribution is -2.13. The van der Waals surface area contributed by atoms with Crippen LogP contribution in [0.15, 0.2) is 24.4 Å². The van der Waals surface area contributed by atoms with Crippen LogP contribution >= 0.6 is 0 Å². The number of aromatic nitrogens is 1. The summed E-state index contributed by atoms with van der Waals surface area (Å²) in [5.41, 5.74) is 9.35. The van der Waals surface area contributed by atoms with Crippen molar-refractivity contribution in [3.8, 4) is 0 Å². The molecule has 2 heteroatoms. The van der Waals surface area contributed by atoms with Gasteiger partial charge in [0.15, 0.2) is 0 Å². The molecule has 1 heterocycles. The van der Waals surface area contributed by atoms with E-state index >= 15 is 0 Å². The minimum atomic E-state index is 0.101. The molecule has 3 N–H and O–H groups in total. The highest BCUT2D eigenvalue weighted by molar-refractivity contribution is 5.92. The molecule has 0 amide bonds. The largest absolute Gasteiger partial charge is 0.397 e. The second kappa shape index (κ2) is 2.77. The Hall–Kier alpha value is -1.44. The van der Waals surface area contributed by atoms with Crippen molar-refractivity contribution in [3.63, 3.8) is 0 Å². The highest BCUT2D eigenvalue weighted by Crippen LogP contribution is 2.32. The average molecular weight is 188 g/mol. The van der Waals surface area contributed by atoms with Crippen molar-refractivity contribution < 1.29 is 0 Å². The molecule has 2 nitrogen and oxygen atoms in total. The van der Waals surface area contributed by atoms with Crippen LogP contribution in [-0.2, 0) is 5.41 Å². The molecule has 0 saturated heterocycles. The third-order valence-corrected chi connectivity index (χ3v) is 2.58. The van der Waals surface area contributed by atoms with E-state index < -0.39 is 0 Å². The van der Waals surface area contributed by atoms with Crippen LogP contribution in [-0.4, -0.2) is 4.98 Å². The van der Waals surface area contributed by atoms with Crippen LogP contribution in [0.25, 0.3) is 10.9 Å². The van der Waals surface area contributed by atoms with Gasteiger partial charge in [0.05, 0.1) is 11.2 Å². The van der Waals surface area contributed by atoms with Gasteiger partial charge in [-0.2, -0.15) is 0 Å². The molecular formula is C12H16N2. The fourth-order valence-electron chi connectivity index (χ4n) is 1.81. The quantitative estimate of drug-likeness (QED) is 0.613. The van der Waals surface area contributed by atoms with Crippen LogP contribution < -0.4 is 5.73 Å². The van der Waals surface area contributed by atoms with Gasteiger partial charge in [0.1, 0.15) is 0 Å². The number of nitrogen functional groups attached to an aromatic ring is 1. The Bertz CT molecular complexity index is 461. The second-order valence-electron chi connectivity index (χ2n) is 4.72. The molecule has 0 aliphatic rings. The van der Waals surface area contributed by atoms with Crippen LogP contribution in [0.4, 0.5) is 5.69 Å². The maximum atomic E-state index is 6.12. The minimum Gasteiger partial charge on any atom is -0.397 e. The van der Waals surface area contributed by atoms with Crippen molar-refractivity contribution in [2.45, 2.75) is 26.2 Å². The second-order valence-corrected chi connectivity index (χ2v) is 4.72. The number of H-pyrrole nitrogens is 1. The first-order valence-corrected chi connectivity index (χ1v) is 4.86. The smallest absolute Gasteiger partial charge is 0.0690 e. The fourth-order valence-corrected chi connectivity index (χ4v) is 1.81. The van der Waals surface area contributed by atoms with Crippen LogP contribution in [0.2, 0.25) is 0 Å². The number of nitrogens with one attached hydrogen (secondary N) is 1. The Morgan fingerprint density at radius 3 is 2.50 bits per heavy atom. The van der Waals surface area contributed by atoms with Gasteiger partial charge in [-0.25, -0.2) is 0 Å². The monoisotopic (exact) mass is 188 g/mol. The summed E-state index contributed by atoms with van der Waals surface area (Å²) >= 11 is 0. The molecule has 0 bridgehead atoms. The van der Waals surface area contributed by atoms with E-state index in [4.69, 9.17) is 5.73 Å². The van der Waals surface area contributed by atoms with Crippen LogP contribution in [0.3, 0.4) is 0 Å². The molecule has 74 valence electrons. The van der Waals surface area contributed by atoms with Crippen molar-refractivity contribution in [1.29, 1.82) is 0 Å².